The molecule has 1 aliphatic rings. The van der Waals surface area contributed by atoms with Gasteiger partial charge in [-0.3, -0.25) is 0 Å². The number of rotatable bonds is 2. The normalized spacial score (nSPS) is 17.2. The van der Waals surface area contributed by atoms with Crippen LogP contribution in [0.2, 0.25) is 0 Å². The molecule has 1 aromatic heterocycles. The minimum Gasteiger partial charge on any atom is -0.328 e. The molecule has 100 valence electrons. The van der Waals surface area contributed by atoms with Crippen LogP contribution in [0.1, 0.15) is 30.8 Å². The van der Waals surface area contributed by atoms with Crippen molar-refractivity contribution >= 4 is 15.9 Å². The summed E-state index contributed by atoms with van der Waals surface area (Å²) < 4.78 is 3.39. The number of nitrogens with zero attached hydrogens (tertiary/aromatic N) is 2. The summed E-state index contributed by atoms with van der Waals surface area (Å²) in [4.78, 5) is 4.58. The molecule has 3 nitrogen and oxygen atoms in total. The Labute approximate surface area is 122 Å². The van der Waals surface area contributed by atoms with Gasteiger partial charge in [0.15, 0.2) is 0 Å². The van der Waals surface area contributed by atoms with Crippen LogP contribution in [0, 0.1) is 0 Å². The van der Waals surface area contributed by atoms with E-state index in [1.165, 1.54) is 17.0 Å². The Morgan fingerprint density at radius 1 is 1.32 bits per heavy atom. The number of imidazole rings is 1. The Bertz CT molecular complexity index is 584. The largest absolute Gasteiger partial charge is 0.328 e. The van der Waals surface area contributed by atoms with Crippen molar-refractivity contribution in [2.75, 3.05) is 6.54 Å². The zero-order valence-electron chi connectivity index (χ0n) is 11.3. The molecule has 0 saturated carbocycles. The summed E-state index contributed by atoms with van der Waals surface area (Å²) in [5, 5.41) is 3.57. The smallest absolute Gasteiger partial charge is 0.0955 e. The third-order valence-corrected chi connectivity index (χ3v) is 4.23. The third-order valence-electron chi connectivity index (χ3n) is 3.70. The second-order valence-electron chi connectivity index (χ2n) is 5.60. The molecule has 2 heterocycles. The van der Waals surface area contributed by atoms with E-state index in [0.717, 1.165) is 24.0 Å². The van der Waals surface area contributed by atoms with E-state index in [2.05, 4.69) is 68.9 Å². The highest BCUT2D eigenvalue weighted by Crippen LogP contribution is 2.28. The van der Waals surface area contributed by atoms with Crippen molar-refractivity contribution in [1.29, 1.82) is 0 Å². The molecule has 2 aromatic rings. The molecule has 0 radical (unpaired) electrons. The van der Waals surface area contributed by atoms with Gasteiger partial charge < -0.3 is 9.88 Å². The lowest BCUT2D eigenvalue weighted by Gasteiger charge is -2.32. The van der Waals surface area contributed by atoms with Crippen LogP contribution in [0.25, 0.3) is 0 Å². The molecule has 0 atom stereocenters. The molecule has 0 fully saturated rings. The zero-order valence-corrected chi connectivity index (χ0v) is 12.9. The van der Waals surface area contributed by atoms with E-state index in [-0.39, 0.29) is 5.54 Å². The van der Waals surface area contributed by atoms with Crippen molar-refractivity contribution in [1.82, 2.24) is 14.9 Å². The SMILES string of the molecule is CC1(C)NCCc2ncn(Cc3ccc(Br)cc3)c21. The summed E-state index contributed by atoms with van der Waals surface area (Å²) in [6.07, 6.45) is 2.99. The number of fused-ring (bicyclic) bond motifs is 1. The Morgan fingerprint density at radius 3 is 2.79 bits per heavy atom. The monoisotopic (exact) mass is 319 g/mol. The highest BCUT2D eigenvalue weighted by molar-refractivity contribution is 9.10. The van der Waals surface area contributed by atoms with E-state index in [9.17, 15) is 0 Å². The van der Waals surface area contributed by atoms with Crippen molar-refractivity contribution in [3.8, 4) is 0 Å². The van der Waals surface area contributed by atoms with E-state index in [1.807, 2.05) is 6.33 Å². The minimum atomic E-state index is -0.000549. The molecular weight excluding hydrogens is 302 g/mol. The van der Waals surface area contributed by atoms with Crippen molar-refractivity contribution in [3.05, 3.63) is 52.0 Å². The van der Waals surface area contributed by atoms with Crippen molar-refractivity contribution in [2.24, 2.45) is 0 Å². The summed E-state index contributed by atoms with van der Waals surface area (Å²) in [7, 11) is 0. The van der Waals surface area contributed by atoms with Crippen LogP contribution >= 0.6 is 15.9 Å². The van der Waals surface area contributed by atoms with Gasteiger partial charge in [-0.15, -0.1) is 0 Å². The van der Waals surface area contributed by atoms with Crippen LogP contribution < -0.4 is 5.32 Å². The van der Waals surface area contributed by atoms with E-state index < -0.39 is 0 Å². The van der Waals surface area contributed by atoms with Gasteiger partial charge in [0.25, 0.3) is 0 Å². The molecule has 0 bridgehead atoms. The first-order valence-electron chi connectivity index (χ1n) is 6.60. The first-order chi connectivity index (χ1) is 9.06. The molecule has 19 heavy (non-hydrogen) atoms. The number of hydrogen-bond acceptors (Lipinski definition) is 2. The van der Waals surface area contributed by atoms with Gasteiger partial charge in [-0.1, -0.05) is 28.1 Å². The summed E-state index contributed by atoms with van der Waals surface area (Å²) in [6.45, 7) is 6.34. The van der Waals surface area contributed by atoms with Crippen molar-refractivity contribution < 1.29 is 0 Å². The van der Waals surface area contributed by atoms with Crippen LogP contribution in [-0.2, 0) is 18.5 Å². The second kappa shape index (κ2) is 4.76. The average Bonchev–Trinajstić information content (AvgIpc) is 2.76. The lowest BCUT2D eigenvalue weighted by Crippen LogP contribution is -2.44. The maximum absolute atomic E-state index is 4.58. The van der Waals surface area contributed by atoms with Crippen LogP contribution in [0.3, 0.4) is 0 Å². The van der Waals surface area contributed by atoms with Crippen LogP contribution in [-0.4, -0.2) is 16.1 Å². The molecular formula is C15H18BrN3. The predicted molar refractivity (Wildman–Crippen MR) is 80.2 cm³/mol. The van der Waals surface area contributed by atoms with Gasteiger partial charge in [-0.05, 0) is 31.5 Å². The second-order valence-corrected chi connectivity index (χ2v) is 6.51. The quantitative estimate of drug-likeness (QED) is 0.922. The fourth-order valence-electron chi connectivity index (χ4n) is 2.81. The Kier molecular flexibility index (Phi) is 3.23. The molecule has 1 aromatic carbocycles. The third kappa shape index (κ3) is 2.47. The molecule has 0 aliphatic carbocycles. The van der Waals surface area contributed by atoms with E-state index in [1.54, 1.807) is 0 Å². The van der Waals surface area contributed by atoms with Crippen molar-refractivity contribution in [2.45, 2.75) is 32.4 Å². The number of halogens is 1. The molecule has 1 N–H and O–H groups in total. The van der Waals surface area contributed by atoms with Crippen LogP contribution in [0.5, 0.6) is 0 Å². The first-order valence-corrected chi connectivity index (χ1v) is 7.39. The molecule has 0 amide bonds. The molecule has 4 heteroatoms. The Hall–Kier alpha value is -1.13. The van der Waals surface area contributed by atoms with Gasteiger partial charge in [-0.25, -0.2) is 4.98 Å². The van der Waals surface area contributed by atoms with Gasteiger partial charge in [0.2, 0.25) is 0 Å². The summed E-state index contributed by atoms with van der Waals surface area (Å²) >= 11 is 3.47. The van der Waals surface area contributed by atoms with Crippen molar-refractivity contribution in [3.63, 3.8) is 0 Å². The highest BCUT2D eigenvalue weighted by Gasteiger charge is 2.31. The standard InChI is InChI=1S/C15H18BrN3/c1-15(2)14-13(7-8-18-15)17-10-19(14)9-11-3-5-12(16)6-4-11/h3-6,10,18H,7-9H2,1-2H3. The van der Waals surface area contributed by atoms with Gasteiger partial charge in [0, 0.05) is 24.0 Å². The van der Waals surface area contributed by atoms with E-state index in [0.29, 0.717) is 0 Å². The summed E-state index contributed by atoms with van der Waals surface area (Å²) in [5.74, 6) is 0. The topological polar surface area (TPSA) is 29.9 Å². The first kappa shape index (κ1) is 12.9. The minimum absolute atomic E-state index is 0.000549. The van der Waals surface area contributed by atoms with E-state index >= 15 is 0 Å². The summed E-state index contributed by atoms with van der Waals surface area (Å²) in [5.41, 5.74) is 3.85. The maximum Gasteiger partial charge on any atom is 0.0955 e. The molecule has 0 unspecified atom stereocenters. The number of hydrogen-bond donors (Lipinski definition) is 1. The zero-order chi connectivity index (χ0) is 13.5. The average molecular weight is 320 g/mol. The van der Waals surface area contributed by atoms with Gasteiger partial charge in [0.1, 0.15) is 0 Å². The molecule has 3 rings (SSSR count). The highest BCUT2D eigenvalue weighted by atomic mass is 79.9. The maximum atomic E-state index is 4.58. The molecule has 1 aliphatic heterocycles. The number of nitrogens with one attached hydrogen (secondary N) is 1. The van der Waals surface area contributed by atoms with Gasteiger partial charge in [0.05, 0.1) is 23.3 Å². The van der Waals surface area contributed by atoms with Gasteiger partial charge in [-0.2, -0.15) is 0 Å². The fourth-order valence-corrected chi connectivity index (χ4v) is 3.07. The van der Waals surface area contributed by atoms with Crippen LogP contribution in [0.15, 0.2) is 35.1 Å². The Morgan fingerprint density at radius 2 is 2.05 bits per heavy atom. The predicted octanol–water partition coefficient (Wildman–Crippen LogP) is 3.07. The molecule has 0 saturated heterocycles. The summed E-state index contributed by atoms with van der Waals surface area (Å²) in [6, 6.07) is 8.48. The lowest BCUT2D eigenvalue weighted by molar-refractivity contribution is 0.357. The lowest BCUT2D eigenvalue weighted by atomic mass is 9.93. The number of benzene rings is 1. The van der Waals surface area contributed by atoms with E-state index in [4.69, 9.17) is 0 Å². The Balaban J connectivity index is 1.94. The van der Waals surface area contributed by atoms with Gasteiger partial charge >= 0.3 is 0 Å². The number of aromatic nitrogens is 2. The fraction of sp³-hybridized carbons (Fsp3) is 0.400. The van der Waals surface area contributed by atoms with Crippen LogP contribution in [0.4, 0.5) is 0 Å². The molecule has 0 spiro atoms.